The van der Waals surface area contributed by atoms with Crippen LogP contribution in [0.2, 0.25) is 0 Å². The first-order valence-electron chi connectivity index (χ1n) is 7.59. The van der Waals surface area contributed by atoms with Gasteiger partial charge in [-0.3, -0.25) is 9.48 Å². The highest BCUT2D eigenvalue weighted by Gasteiger charge is 2.23. The van der Waals surface area contributed by atoms with Crippen molar-refractivity contribution in [2.75, 3.05) is 6.54 Å². The number of carbonyl (C=O) groups excluding carboxylic acids is 1. The summed E-state index contributed by atoms with van der Waals surface area (Å²) in [5, 5.41) is 7.08. The summed E-state index contributed by atoms with van der Waals surface area (Å²) in [6.45, 7) is 2.63. The van der Waals surface area contributed by atoms with Gasteiger partial charge in [-0.1, -0.05) is 19.8 Å². The highest BCUT2D eigenvalue weighted by molar-refractivity contribution is 5.80. The van der Waals surface area contributed by atoms with Crippen molar-refractivity contribution < 1.29 is 9.53 Å². The molecule has 1 amide bonds. The van der Waals surface area contributed by atoms with E-state index < -0.39 is 0 Å². The van der Waals surface area contributed by atoms with Crippen molar-refractivity contribution in [1.82, 2.24) is 15.1 Å². The van der Waals surface area contributed by atoms with Crippen LogP contribution in [-0.2, 0) is 23.0 Å². The number of amides is 1. The van der Waals surface area contributed by atoms with Crippen molar-refractivity contribution in [1.29, 1.82) is 0 Å². The number of hydrogen-bond donors (Lipinski definition) is 1. The Morgan fingerprint density at radius 2 is 2.30 bits per heavy atom. The molecule has 1 saturated carbocycles. The van der Waals surface area contributed by atoms with Crippen LogP contribution in [0.25, 0.3) is 0 Å². The van der Waals surface area contributed by atoms with Gasteiger partial charge in [0, 0.05) is 19.8 Å². The van der Waals surface area contributed by atoms with Gasteiger partial charge < -0.3 is 10.1 Å². The molecule has 1 atom stereocenters. The highest BCUT2D eigenvalue weighted by Crippen LogP contribution is 2.22. The molecule has 1 fully saturated rings. The number of nitrogens with one attached hydrogen (secondary N) is 1. The molecule has 112 valence electrons. The maximum atomic E-state index is 12.1. The summed E-state index contributed by atoms with van der Waals surface area (Å²) in [6.07, 6.45) is 9.97. The molecule has 1 aromatic rings. The van der Waals surface area contributed by atoms with Crippen molar-refractivity contribution in [3.8, 4) is 0 Å². The Morgan fingerprint density at radius 3 is 2.90 bits per heavy atom. The Labute approximate surface area is 120 Å². The summed E-state index contributed by atoms with van der Waals surface area (Å²) >= 11 is 0. The molecule has 1 aromatic heterocycles. The van der Waals surface area contributed by atoms with Gasteiger partial charge in [0.15, 0.2) is 0 Å². The molecular formula is C15H25N3O2. The Hall–Kier alpha value is -1.36. The number of rotatable bonds is 7. The molecule has 0 spiro atoms. The van der Waals surface area contributed by atoms with Crippen LogP contribution in [0, 0.1) is 0 Å². The molecule has 1 aliphatic carbocycles. The largest absolute Gasteiger partial charge is 0.365 e. The Balaban J connectivity index is 1.71. The van der Waals surface area contributed by atoms with Crippen LogP contribution in [0.3, 0.4) is 0 Å². The van der Waals surface area contributed by atoms with Gasteiger partial charge in [0.2, 0.25) is 5.91 Å². The second kappa shape index (κ2) is 7.43. The van der Waals surface area contributed by atoms with Gasteiger partial charge in [-0.05, 0) is 31.2 Å². The van der Waals surface area contributed by atoms with Crippen LogP contribution in [0.5, 0.6) is 0 Å². The van der Waals surface area contributed by atoms with Gasteiger partial charge in [0.05, 0.1) is 12.3 Å². The summed E-state index contributed by atoms with van der Waals surface area (Å²) in [4.78, 5) is 12.1. The van der Waals surface area contributed by atoms with Crippen LogP contribution >= 0.6 is 0 Å². The molecule has 0 bridgehead atoms. The number of aromatic nitrogens is 2. The minimum absolute atomic E-state index is 0.0169. The Bertz CT molecular complexity index is 425. The molecule has 0 radical (unpaired) electrons. The molecule has 0 aromatic carbocycles. The van der Waals surface area contributed by atoms with Crippen LogP contribution in [0.15, 0.2) is 12.4 Å². The molecule has 0 saturated heterocycles. The van der Waals surface area contributed by atoms with Crippen LogP contribution in [-0.4, -0.2) is 34.4 Å². The van der Waals surface area contributed by atoms with Gasteiger partial charge >= 0.3 is 0 Å². The van der Waals surface area contributed by atoms with Crippen LogP contribution in [0.4, 0.5) is 0 Å². The van der Waals surface area contributed by atoms with E-state index in [-0.39, 0.29) is 18.1 Å². The highest BCUT2D eigenvalue weighted by atomic mass is 16.5. The topological polar surface area (TPSA) is 56.1 Å². The molecule has 1 N–H and O–H groups in total. The van der Waals surface area contributed by atoms with Crippen LogP contribution < -0.4 is 5.32 Å². The first kappa shape index (κ1) is 15.0. The van der Waals surface area contributed by atoms with Gasteiger partial charge in [0.25, 0.3) is 0 Å². The van der Waals surface area contributed by atoms with Crippen LogP contribution in [0.1, 0.15) is 44.6 Å². The van der Waals surface area contributed by atoms with E-state index in [1.165, 1.54) is 12.8 Å². The maximum absolute atomic E-state index is 12.1. The van der Waals surface area contributed by atoms with Crippen molar-refractivity contribution >= 4 is 5.91 Å². The number of ether oxygens (including phenoxy) is 1. The molecule has 5 heteroatoms. The van der Waals surface area contributed by atoms with Crippen molar-refractivity contribution in [3.05, 3.63) is 18.0 Å². The lowest BCUT2D eigenvalue weighted by Gasteiger charge is -2.20. The van der Waals surface area contributed by atoms with Crippen molar-refractivity contribution in [2.24, 2.45) is 7.05 Å². The van der Waals surface area contributed by atoms with E-state index in [4.69, 9.17) is 4.74 Å². The average Bonchev–Trinajstić information content (AvgIpc) is 3.07. The third kappa shape index (κ3) is 4.34. The molecule has 1 aliphatic rings. The predicted octanol–water partition coefficient (Wildman–Crippen LogP) is 1.82. The van der Waals surface area contributed by atoms with E-state index in [0.717, 1.165) is 31.2 Å². The molecule has 0 aliphatic heterocycles. The Kier molecular flexibility index (Phi) is 5.59. The van der Waals surface area contributed by atoms with E-state index >= 15 is 0 Å². The zero-order valence-corrected chi connectivity index (χ0v) is 12.5. The van der Waals surface area contributed by atoms with E-state index in [0.29, 0.717) is 6.54 Å². The maximum Gasteiger partial charge on any atom is 0.249 e. The second-order valence-corrected chi connectivity index (χ2v) is 5.50. The molecule has 2 rings (SSSR count). The van der Waals surface area contributed by atoms with E-state index in [1.54, 1.807) is 4.68 Å². The predicted molar refractivity (Wildman–Crippen MR) is 77.3 cm³/mol. The molecule has 0 unspecified atom stereocenters. The zero-order chi connectivity index (χ0) is 14.4. The summed E-state index contributed by atoms with van der Waals surface area (Å²) in [5.41, 5.74) is 1.14. The quantitative estimate of drug-likeness (QED) is 0.828. The van der Waals surface area contributed by atoms with Gasteiger partial charge in [0.1, 0.15) is 6.10 Å². The van der Waals surface area contributed by atoms with E-state index in [1.807, 2.05) is 26.4 Å². The standard InChI is InChI=1S/C15H25N3O2/c1-3-14(20-13-6-4-5-7-13)15(19)16-9-8-12-10-17-18(2)11-12/h10-11,13-14H,3-9H2,1-2H3,(H,16,19)/t14-/m0/s1. The SMILES string of the molecule is CC[C@H](OC1CCCC1)C(=O)NCCc1cnn(C)c1. The summed E-state index contributed by atoms with van der Waals surface area (Å²) in [7, 11) is 1.89. The summed E-state index contributed by atoms with van der Waals surface area (Å²) in [6, 6.07) is 0. The number of nitrogens with zero attached hydrogens (tertiary/aromatic N) is 2. The monoisotopic (exact) mass is 279 g/mol. The number of carbonyl (C=O) groups is 1. The minimum atomic E-state index is -0.299. The van der Waals surface area contributed by atoms with Crippen molar-refractivity contribution in [3.63, 3.8) is 0 Å². The lowest BCUT2D eigenvalue weighted by atomic mass is 10.2. The third-order valence-corrected chi connectivity index (χ3v) is 3.79. The fraction of sp³-hybridized carbons (Fsp3) is 0.733. The fourth-order valence-electron chi connectivity index (χ4n) is 2.65. The summed E-state index contributed by atoms with van der Waals surface area (Å²) in [5.74, 6) is 0.0169. The average molecular weight is 279 g/mol. The molecular weight excluding hydrogens is 254 g/mol. The minimum Gasteiger partial charge on any atom is -0.365 e. The van der Waals surface area contributed by atoms with Gasteiger partial charge in [-0.2, -0.15) is 5.10 Å². The Morgan fingerprint density at radius 1 is 1.55 bits per heavy atom. The molecule has 1 heterocycles. The molecule has 20 heavy (non-hydrogen) atoms. The third-order valence-electron chi connectivity index (χ3n) is 3.79. The number of hydrogen-bond acceptors (Lipinski definition) is 3. The zero-order valence-electron chi connectivity index (χ0n) is 12.5. The second-order valence-electron chi connectivity index (χ2n) is 5.50. The lowest BCUT2D eigenvalue weighted by Crippen LogP contribution is -2.38. The number of aryl methyl sites for hydroxylation is 1. The fourth-order valence-corrected chi connectivity index (χ4v) is 2.65. The molecule has 5 nitrogen and oxygen atoms in total. The van der Waals surface area contributed by atoms with Crippen molar-refractivity contribution in [2.45, 2.75) is 57.7 Å². The van der Waals surface area contributed by atoms with Gasteiger partial charge in [-0.25, -0.2) is 0 Å². The lowest BCUT2D eigenvalue weighted by molar-refractivity contribution is -0.136. The van der Waals surface area contributed by atoms with Gasteiger partial charge in [-0.15, -0.1) is 0 Å². The first-order chi connectivity index (χ1) is 9.69. The smallest absolute Gasteiger partial charge is 0.249 e. The first-order valence-corrected chi connectivity index (χ1v) is 7.59. The van der Waals surface area contributed by atoms with E-state index in [9.17, 15) is 4.79 Å². The normalized spacial score (nSPS) is 17.3. The van der Waals surface area contributed by atoms with E-state index in [2.05, 4.69) is 10.4 Å². The summed E-state index contributed by atoms with van der Waals surface area (Å²) < 4.78 is 7.67.